The zero-order valence-corrected chi connectivity index (χ0v) is 17.6. The summed E-state index contributed by atoms with van der Waals surface area (Å²) in [6.45, 7) is 9.22. The molecule has 0 aromatic heterocycles. The van der Waals surface area contributed by atoms with Gasteiger partial charge in [-0.3, -0.25) is 0 Å². The molecule has 142 valence electrons. The summed E-state index contributed by atoms with van der Waals surface area (Å²) in [6, 6.07) is 12.4. The fraction of sp³-hybridized carbons (Fsp3) is 0.429. The van der Waals surface area contributed by atoms with Gasteiger partial charge in [-0.15, -0.1) is 0 Å². The minimum Gasteiger partial charge on any atom is -0.399 e. The van der Waals surface area contributed by atoms with Gasteiger partial charge in [0.1, 0.15) is 0 Å². The molecule has 1 unspecified atom stereocenters. The highest BCUT2D eigenvalue weighted by atomic mass is 35.5. The van der Waals surface area contributed by atoms with E-state index in [9.17, 15) is 0 Å². The third-order valence-corrected chi connectivity index (χ3v) is 6.77. The lowest BCUT2D eigenvalue weighted by molar-refractivity contribution is 0.00578. The predicted molar refractivity (Wildman–Crippen MR) is 112 cm³/mol. The molecule has 0 spiro atoms. The van der Waals surface area contributed by atoms with Crippen molar-refractivity contribution < 1.29 is 9.31 Å². The molecule has 6 heteroatoms. The van der Waals surface area contributed by atoms with Crippen LogP contribution in [-0.4, -0.2) is 24.9 Å². The SMILES string of the molecule is CC1(C)OB(c2ccc3c(c2)C(c2ccc(Cl)c(Cl)c2)NCC3)OC1(C)C. The zero-order valence-electron chi connectivity index (χ0n) is 16.1. The van der Waals surface area contributed by atoms with E-state index in [2.05, 4.69) is 51.2 Å². The minimum atomic E-state index is -0.364. The molecule has 2 heterocycles. The normalized spacial score (nSPS) is 23.3. The summed E-state index contributed by atoms with van der Waals surface area (Å²) in [5.41, 5.74) is 4.03. The number of rotatable bonds is 2. The van der Waals surface area contributed by atoms with Gasteiger partial charge in [-0.1, -0.05) is 47.5 Å². The van der Waals surface area contributed by atoms with E-state index < -0.39 is 0 Å². The minimum absolute atomic E-state index is 0.0749. The molecule has 2 aliphatic heterocycles. The van der Waals surface area contributed by atoms with Gasteiger partial charge in [-0.25, -0.2) is 0 Å². The maximum Gasteiger partial charge on any atom is 0.494 e. The average molecular weight is 404 g/mol. The molecule has 1 saturated heterocycles. The Morgan fingerprint density at radius 1 is 0.963 bits per heavy atom. The number of hydrogen-bond acceptors (Lipinski definition) is 3. The molecule has 0 saturated carbocycles. The first-order chi connectivity index (χ1) is 12.7. The van der Waals surface area contributed by atoms with Crippen LogP contribution in [0.4, 0.5) is 0 Å². The molecular weight excluding hydrogens is 380 g/mol. The molecular formula is C21H24BCl2NO2. The lowest BCUT2D eigenvalue weighted by atomic mass is 9.75. The smallest absolute Gasteiger partial charge is 0.399 e. The molecule has 3 nitrogen and oxygen atoms in total. The Hall–Kier alpha value is -1.04. The van der Waals surface area contributed by atoms with Crippen molar-refractivity contribution in [3.05, 3.63) is 63.1 Å². The van der Waals surface area contributed by atoms with Crippen molar-refractivity contribution in [1.29, 1.82) is 0 Å². The first kappa shape index (κ1) is 19.3. The second-order valence-electron chi connectivity index (χ2n) is 8.36. The van der Waals surface area contributed by atoms with E-state index in [4.69, 9.17) is 32.5 Å². The van der Waals surface area contributed by atoms with Crippen molar-refractivity contribution in [2.24, 2.45) is 0 Å². The Balaban J connectivity index is 1.71. The maximum absolute atomic E-state index is 6.26. The fourth-order valence-electron chi connectivity index (χ4n) is 3.69. The van der Waals surface area contributed by atoms with Crippen LogP contribution < -0.4 is 10.8 Å². The highest BCUT2D eigenvalue weighted by Crippen LogP contribution is 2.37. The highest BCUT2D eigenvalue weighted by Gasteiger charge is 2.51. The summed E-state index contributed by atoms with van der Waals surface area (Å²) in [5, 5.41) is 4.75. The standard InChI is InChI=1S/C21H24BCl2NO2/c1-20(2)21(3,4)27-22(26-20)15-7-5-13-9-10-25-19(16(13)12-15)14-6-8-17(23)18(24)11-14/h5-8,11-12,19,25H,9-10H2,1-4H3. The molecule has 1 fully saturated rings. The molecule has 2 aromatic rings. The summed E-state index contributed by atoms with van der Waals surface area (Å²) in [7, 11) is -0.364. The topological polar surface area (TPSA) is 30.5 Å². The second kappa shape index (κ2) is 6.79. The summed E-state index contributed by atoms with van der Waals surface area (Å²) in [6.07, 6.45) is 0.997. The van der Waals surface area contributed by atoms with E-state index in [1.54, 1.807) is 0 Å². The zero-order chi connectivity index (χ0) is 19.4. The molecule has 2 aliphatic rings. The maximum atomic E-state index is 6.26. The van der Waals surface area contributed by atoms with E-state index >= 15 is 0 Å². The number of halogens is 2. The van der Waals surface area contributed by atoms with Gasteiger partial charge >= 0.3 is 7.12 Å². The number of benzene rings is 2. The van der Waals surface area contributed by atoms with Crippen LogP contribution in [0.25, 0.3) is 0 Å². The lowest BCUT2D eigenvalue weighted by Gasteiger charge is -2.32. The van der Waals surface area contributed by atoms with Crippen LogP contribution in [0.5, 0.6) is 0 Å². The van der Waals surface area contributed by atoms with Crippen LogP contribution in [0.2, 0.25) is 10.0 Å². The van der Waals surface area contributed by atoms with Crippen molar-refractivity contribution >= 4 is 35.8 Å². The van der Waals surface area contributed by atoms with E-state index in [1.807, 2.05) is 18.2 Å². The van der Waals surface area contributed by atoms with Crippen LogP contribution in [0.15, 0.2) is 36.4 Å². The third-order valence-electron chi connectivity index (χ3n) is 6.03. The summed E-state index contributed by atoms with van der Waals surface area (Å²) >= 11 is 12.4. The average Bonchev–Trinajstić information content (AvgIpc) is 2.84. The van der Waals surface area contributed by atoms with Gasteiger partial charge in [0, 0.05) is 6.54 Å². The predicted octanol–water partition coefficient (Wildman–Crippen LogP) is 4.53. The third kappa shape index (κ3) is 3.43. The molecule has 0 amide bonds. The van der Waals surface area contributed by atoms with Gasteiger partial charge in [0.15, 0.2) is 0 Å². The summed E-state index contributed by atoms with van der Waals surface area (Å²) in [4.78, 5) is 0. The molecule has 0 aliphatic carbocycles. The molecule has 2 aromatic carbocycles. The van der Waals surface area contributed by atoms with Gasteiger partial charge in [0.05, 0.1) is 27.3 Å². The quantitative estimate of drug-likeness (QED) is 0.747. The van der Waals surface area contributed by atoms with E-state index in [-0.39, 0.29) is 24.4 Å². The summed E-state index contributed by atoms with van der Waals surface area (Å²) < 4.78 is 12.5. The molecule has 1 N–H and O–H groups in total. The van der Waals surface area contributed by atoms with Crippen LogP contribution in [0, 0.1) is 0 Å². The van der Waals surface area contributed by atoms with Crippen molar-refractivity contribution in [2.75, 3.05) is 6.54 Å². The van der Waals surface area contributed by atoms with Gasteiger partial charge in [-0.2, -0.15) is 0 Å². The lowest BCUT2D eigenvalue weighted by Crippen LogP contribution is -2.41. The molecule has 1 atom stereocenters. The van der Waals surface area contributed by atoms with Crippen LogP contribution >= 0.6 is 23.2 Å². The Kier molecular flexibility index (Phi) is 4.85. The Labute approximate surface area is 171 Å². The first-order valence-electron chi connectivity index (χ1n) is 9.35. The van der Waals surface area contributed by atoms with Gasteiger partial charge in [0.2, 0.25) is 0 Å². The van der Waals surface area contributed by atoms with Crippen LogP contribution in [0.1, 0.15) is 50.4 Å². The summed E-state index contributed by atoms with van der Waals surface area (Å²) in [5.74, 6) is 0. The Bertz CT molecular complexity index is 868. The van der Waals surface area contributed by atoms with Crippen LogP contribution in [-0.2, 0) is 15.7 Å². The van der Waals surface area contributed by atoms with E-state index in [1.165, 1.54) is 11.1 Å². The van der Waals surface area contributed by atoms with E-state index in [0.29, 0.717) is 10.0 Å². The number of hydrogen-bond donors (Lipinski definition) is 1. The van der Waals surface area contributed by atoms with Crippen molar-refractivity contribution in [3.63, 3.8) is 0 Å². The molecule has 0 radical (unpaired) electrons. The number of fused-ring (bicyclic) bond motifs is 1. The van der Waals surface area contributed by atoms with Gasteiger partial charge < -0.3 is 14.6 Å². The number of nitrogens with one attached hydrogen (secondary N) is 1. The highest BCUT2D eigenvalue weighted by molar-refractivity contribution is 6.62. The molecule has 27 heavy (non-hydrogen) atoms. The van der Waals surface area contributed by atoms with Gasteiger partial charge in [-0.05, 0) is 68.4 Å². The molecule has 0 bridgehead atoms. The monoisotopic (exact) mass is 403 g/mol. The van der Waals surface area contributed by atoms with Crippen LogP contribution in [0.3, 0.4) is 0 Å². The fourth-order valence-corrected chi connectivity index (χ4v) is 3.99. The van der Waals surface area contributed by atoms with Crippen molar-refractivity contribution in [1.82, 2.24) is 5.32 Å². The second-order valence-corrected chi connectivity index (χ2v) is 9.17. The Morgan fingerprint density at radius 2 is 1.67 bits per heavy atom. The largest absolute Gasteiger partial charge is 0.494 e. The van der Waals surface area contributed by atoms with E-state index in [0.717, 1.165) is 24.0 Å². The molecule has 4 rings (SSSR count). The first-order valence-corrected chi connectivity index (χ1v) is 10.1. The van der Waals surface area contributed by atoms with Gasteiger partial charge in [0.25, 0.3) is 0 Å². The van der Waals surface area contributed by atoms with Crippen molar-refractivity contribution in [2.45, 2.75) is 51.4 Å². The van der Waals surface area contributed by atoms with Crippen molar-refractivity contribution in [3.8, 4) is 0 Å². The Morgan fingerprint density at radius 3 is 2.33 bits per heavy atom.